The zero-order chi connectivity index (χ0) is 14.8. The quantitative estimate of drug-likeness (QED) is 0.780. The molecular weight excluding hydrogens is 270 g/mol. The summed E-state index contributed by atoms with van der Waals surface area (Å²) >= 11 is 0. The van der Waals surface area contributed by atoms with Crippen LogP contribution < -0.4 is 16.2 Å². The van der Waals surface area contributed by atoms with E-state index in [1.165, 1.54) is 18.2 Å². The first kappa shape index (κ1) is 13.1. The van der Waals surface area contributed by atoms with Crippen LogP contribution in [0, 0.1) is 0 Å². The summed E-state index contributed by atoms with van der Waals surface area (Å²) in [5, 5.41) is 5.51. The second kappa shape index (κ2) is 5.24. The van der Waals surface area contributed by atoms with Gasteiger partial charge in [0.15, 0.2) is 0 Å². The molecule has 0 radical (unpaired) electrons. The zero-order valence-electron chi connectivity index (χ0n) is 11.1. The van der Waals surface area contributed by atoms with Gasteiger partial charge in [-0.05, 0) is 36.2 Å². The van der Waals surface area contributed by atoms with E-state index in [9.17, 15) is 14.4 Å². The number of hydrogen-bond acceptors (Lipinski definition) is 3. The van der Waals surface area contributed by atoms with E-state index in [-0.39, 0.29) is 23.1 Å². The summed E-state index contributed by atoms with van der Waals surface area (Å²) in [4.78, 5) is 37.0. The first-order chi connectivity index (χ1) is 10.1. The van der Waals surface area contributed by atoms with Crippen molar-refractivity contribution in [2.24, 2.45) is 0 Å². The molecule has 3 rings (SSSR count). The average molecular weight is 283 g/mol. The highest BCUT2D eigenvalue weighted by Gasteiger charge is 2.15. The SMILES string of the molecule is O=C1CCc2cc(NC(=O)c3cccc(=O)[nH]3)ccc2N1. The number of H-pyrrole nitrogens is 1. The van der Waals surface area contributed by atoms with Gasteiger partial charge in [-0.1, -0.05) is 6.07 Å². The van der Waals surface area contributed by atoms with E-state index in [0.717, 1.165) is 11.3 Å². The lowest BCUT2D eigenvalue weighted by Crippen LogP contribution is -2.20. The van der Waals surface area contributed by atoms with Crippen molar-refractivity contribution in [2.75, 3.05) is 10.6 Å². The Morgan fingerprint density at radius 3 is 2.76 bits per heavy atom. The molecule has 1 aliphatic heterocycles. The minimum Gasteiger partial charge on any atom is -0.326 e. The lowest BCUT2D eigenvalue weighted by Gasteiger charge is -2.17. The van der Waals surface area contributed by atoms with Crippen molar-refractivity contribution in [3.8, 4) is 0 Å². The van der Waals surface area contributed by atoms with Crippen LogP contribution in [0.4, 0.5) is 11.4 Å². The molecule has 0 bridgehead atoms. The molecule has 1 aromatic heterocycles. The van der Waals surface area contributed by atoms with Crippen molar-refractivity contribution in [2.45, 2.75) is 12.8 Å². The Balaban J connectivity index is 1.81. The van der Waals surface area contributed by atoms with Crippen LogP contribution in [-0.4, -0.2) is 16.8 Å². The number of benzene rings is 1. The van der Waals surface area contributed by atoms with Crippen molar-refractivity contribution >= 4 is 23.2 Å². The van der Waals surface area contributed by atoms with Crippen molar-refractivity contribution in [1.82, 2.24) is 4.98 Å². The molecule has 0 unspecified atom stereocenters. The molecule has 0 aliphatic carbocycles. The summed E-state index contributed by atoms with van der Waals surface area (Å²) in [6.45, 7) is 0. The maximum Gasteiger partial charge on any atom is 0.272 e. The highest BCUT2D eigenvalue weighted by molar-refractivity contribution is 6.03. The van der Waals surface area contributed by atoms with Gasteiger partial charge in [-0.3, -0.25) is 14.4 Å². The molecule has 1 aliphatic rings. The minimum atomic E-state index is -0.382. The molecule has 2 amide bonds. The molecule has 6 nitrogen and oxygen atoms in total. The van der Waals surface area contributed by atoms with Crippen LogP contribution in [0.15, 0.2) is 41.2 Å². The molecule has 106 valence electrons. The van der Waals surface area contributed by atoms with Crippen LogP contribution in [-0.2, 0) is 11.2 Å². The predicted octanol–water partition coefficient (Wildman–Crippen LogP) is 1.51. The monoisotopic (exact) mass is 283 g/mol. The van der Waals surface area contributed by atoms with Crippen molar-refractivity contribution in [3.63, 3.8) is 0 Å². The van der Waals surface area contributed by atoms with E-state index >= 15 is 0 Å². The van der Waals surface area contributed by atoms with E-state index in [1.54, 1.807) is 12.1 Å². The second-order valence-corrected chi connectivity index (χ2v) is 4.80. The number of anilines is 2. The number of aromatic nitrogens is 1. The molecular formula is C15H13N3O3. The normalized spacial score (nSPS) is 13.2. The lowest BCUT2D eigenvalue weighted by molar-refractivity contribution is -0.116. The van der Waals surface area contributed by atoms with Gasteiger partial charge >= 0.3 is 0 Å². The molecule has 21 heavy (non-hydrogen) atoms. The van der Waals surface area contributed by atoms with Gasteiger partial charge in [0.1, 0.15) is 5.69 Å². The number of pyridine rings is 1. The van der Waals surface area contributed by atoms with Crippen LogP contribution in [0.3, 0.4) is 0 Å². The molecule has 0 spiro atoms. The molecule has 3 N–H and O–H groups in total. The number of fused-ring (bicyclic) bond motifs is 1. The first-order valence-electron chi connectivity index (χ1n) is 6.55. The number of aromatic amines is 1. The van der Waals surface area contributed by atoms with Crippen molar-refractivity contribution < 1.29 is 9.59 Å². The maximum absolute atomic E-state index is 12.0. The third-order valence-electron chi connectivity index (χ3n) is 3.27. The zero-order valence-corrected chi connectivity index (χ0v) is 11.1. The Kier molecular flexibility index (Phi) is 3.27. The van der Waals surface area contributed by atoms with Crippen molar-refractivity contribution in [3.05, 3.63) is 58.0 Å². The van der Waals surface area contributed by atoms with E-state index in [1.807, 2.05) is 6.07 Å². The van der Waals surface area contributed by atoms with E-state index < -0.39 is 0 Å². The average Bonchev–Trinajstić information content (AvgIpc) is 2.47. The topological polar surface area (TPSA) is 91.1 Å². The Morgan fingerprint density at radius 1 is 1.10 bits per heavy atom. The molecule has 0 atom stereocenters. The standard InChI is InChI=1S/C15H13N3O3/c19-13-3-1-2-12(18-13)15(21)16-10-5-6-11-9(8-10)4-7-14(20)17-11/h1-3,5-6,8H,4,7H2,(H,16,21)(H,17,20)(H,18,19). The summed E-state index contributed by atoms with van der Waals surface area (Å²) in [5.41, 5.74) is 2.26. The van der Waals surface area contributed by atoms with Crippen LogP contribution >= 0.6 is 0 Å². The van der Waals surface area contributed by atoms with Crippen LogP contribution in [0.5, 0.6) is 0 Å². The van der Waals surface area contributed by atoms with Gasteiger partial charge in [0.25, 0.3) is 5.91 Å². The van der Waals surface area contributed by atoms with Gasteiger partial charge in [-0.25, -0.2) is 0 Å². The predicted molar refractivity (Wildman–Crippen MR) is 78.4 cm³/mol. The van der Waals surface area contributed by atoms with Gasteiger partial charge in [0.05, 0.1) is 0 Å². The number of nitrogens with one attached hydrogen (secondary N) is 3. The highest BCUT2D eigenvalue weighted by atomic mass is 16.2. The van der Waals surface area contributed by atoms with E-state index in [4.69, 9.17) is 0 Å². The molecule has 1 aromatic carbocycles. The third kappa shape index (κ3) is 2.84. The Hall–Kier alpha value is -2.89. The molecule has 0 saturated heterocycles. The number of amides is 2. The number of carbonyl (C=O) groups excluding carboxylic acids is 2. The fourth-order valence-corrected chi connectivity index (χ4v) is 2.24. The smallest absolute Gasteiger partial charge is 0.272 e. The molecule has 0 fully saturated rings. The number of carbonyl (C=O) groups is 2. The van der Waals surface area contributed by atoms with Gasteiger partial charge in [-0.15, -0.1) is 0 Å². The first-order valence-corrected chi connectivity index (χ1v) is 6.55. The Labute approximate surface area is 120 Å². The highest BCUT2D eigenvalue weighted by Crippen LogP contribution is 2.25. The second-order valence-electron chi connectivity index (χ2n) is 4.80. The minimum absolute atomic E-state index is 0.00106. The number of hydrogen-bond donors (Lipinski definition) is 3. The summed E-state index contributed by atoms with van der Waals surface area (Å²) in [7, 11) is 0. The summed E-state index contributed by atoms with van der Waals surface area (Å²) < 4.78 is 0. The maximum atomic E-state index is 12.0. The van der Waals surface area contributed by atoms with Crippen LogP contribution in [0.2, 0.25) is 0 Å². The molecule has 0 saturated carbocycles. The van der Waals surface area contributed by atoms with Crippen LogP contribution in [0.1, 0.15) is 22.5 Å². The molecule has 6 heteroatoms. The Morgan fingerprint density at radius 2 is 1.95 bits per heavy atom. The summed E-state index contributed by atoms with van der Waals surface area (Å²) in [6.07, 6.45) is 1.09. The van der Waals surface area contributed by atoms with Gasteiger partial charge < -0.3 is 15.6 Å². The van der Waals surface area contributed by atoms with Crippen LogP contribution in [0.25, 0.3) is 0 Å². The summed E-state index contributed by atoms with van der Waals surface area (Å²) in [5.74, 6) is -0.381. The number of rotatable bonds is 2. The van der Waals surface area contributed by atoms with Gasteiger partial charge in [-0.2, -0.15) is 0 Å². The number of aryl methyl sites for hydroxylation is 1. The Bertz CT molecular complexity index is 780. The fourth-order valence-electron chi connectivity index (χ4n) is 2.24. The van der Waals surface area contributed by atoms with Gasteiger partial charge in [0.2, 0.25) is 11.5 Å². The molecule has 2 aromatic rings. The van der Waals surface area contributed by atoms with E-state index in [2.05, 4.69) is 15.6 Å². The van der Waals surface area contributed by atoms with E-state index in [0.29, 0.717) is 18.5 Å². The third-order valence-corrected chi connectivity index (χ3v) is 3.27. The summed E-state index contributed by atoms with van der Waals surface area (Å²) in [6, 6.07) is 9.71. The van der Waals surface area contributed by atoms with Crippen molar-refractivity contribution in [1.29, 1.82) is 0 Å². The van der Waals surface area contributed by atoms with Gasteiger partial charge in [0, 0.05) is 23.9 Å². The fraction of sp³-hybridized carbons (Fsp3) is 0.133. The molecule has 2 heterocycles. The largest absolute Gasteiger partial charge is 0.326 e. The lowest BCUT2D eigenvalue weighted by atomic mass is 10.0.